The summed E-state index contributed by atoms with van der Waals surface area (Å²) in [6, 6.07) is 5.95. The van der Waals surface area contributed by atoms with E-state index in [1.807, 2.05) is 13.8 Å². The summed E-state index contributed by atoms with van der Waals surface area (Å²) in [7, 11) is -0.604. The van der Waals surface area contributed by atoms with Gasteiger partial charge in [0.2, 0.25) is 15.9 Å². The van der Waals surface area contributed by atoms with Crippen LogP contribution in [-0.4, -0.2) is 42.3 Å². The Morgan fingerprint density at radius 1 is 1.21 bits per heavy atom. The zero-order chi connectivity index (χ0) is 21.3. The van der Waals surface area contributed by atoms with E-state index in [0.29, 0.717) is 15.9 Å². The normalized spacial score (nSPS) is 11.9. The van der Waals surface area contributed by atoms with Crippen LogP contribution in [0, 0.1) is 13.8 Å². The number of fused-ring (bicyclic) bond motifs is 1. The standard InChI is InChI=1S/C19H22N4O4S2/c1-12-13(2)28-18-17(12)19(25)23(11-20-18)10-9-16(24)21-14-5-7-15(8-6-14)29(26,27)22(3)4/h5-8,11H,9-10H2,1-4H3,(H,21,24). The van der Waals surface area contributed by atoms with Crippen LogP contribution >= 0.6 is 11.3 Å². The predicted molar refractivity (Wildman–Crippen MR) is 114 cm³/mol. The Hall–Kier alpha value is -2.56. The lowest BCUT2D eigenvalue weighted by Crippen LogP contribution is -2.24. The number of rotatable bonds is 6. The van der Waals surface area contributed by atoms with Gasteiger partial charge in [0.1, 0.15) is 4.83 Å². The number of anilines is 1. The molecule has 154 valence electrons. The summed E-state index contributed by atoms with van der Waals surface area (Å²) in [4.78, 5) is 31.1. The Morgan fingerprint density at radius 2 is 1.86 bits per heavy atom. The van der Waals surface area contributed by atoms with E-state index >= 15 is 0 Å². The molecule has 0 bridgehead atoms. The minimum Gasteiger partial charge on any atom is -0.326 e. The Balaban J connectivity index is 1.68. The molecular formula is C19H22N4O4S2. The molecule has 8 nitrogen and oxygen atoms in total. The van der Waals surface area contributed by atoms with Crippen molar-refractivity contribution in [2.45, 2.75) is 31.7 Å². The van der Waals surface area contributed by atoms with Crippen LogP contribution in [0.5, 0.6) is 0 Å². The van der Waals surface area contributed by atoms with E-state index in [1.165, 1.54) is 60.6 Å². The minimum absolute atomic E-state index is 0.0903. The quantitative estimate of drug-likeness (QED) is 0.642. The van der Waals surface area contributed by atoms with Crippen LogP contribution < -0.4 is 10.9 Å². The van der Waals surface area contributed by atoms with Crippen molar-refractivity contribution in [2.75, 3.05) is 19.4 Å². The van der Waals surface area contributed by atoms with Crippen LogP contribution in [0.15, 0.2) is 40.3 Å². The van der Waals surface area contributed by atoms with Gasteiger partial charge in [0, 0.05) is 37.6 Å². The number of carbonyl (C=O) groups is 1. The van der Waals surface area contributed by atoms with Crippen LogP contribution in [0.25, 0.3) is 10.2 Å². The first-order valence-corrected chi connectivity index (χ1v) is 11.1. The highest BCUT2D eigenvalue weighted by Gasteiger charge is 2.17. The molecule has 0 radical (unpaired) electrons. The highest BCUT2D eigenvalue weighted by atomic mass is 32.2. The number of amides is 1. The number of carbonyl (C=O) groups excluding carboxylic acids is 1. The second-order valence-electron chi connectivity index (χ2n) is 6.82. The van der Waals surface area contributed by atoms with Crippen molar-refractivity contribution < 1.29 is 13.2 Å². The molecule has 0 saturated carbocycles. The lowest BCUT2D eigenvalue weighted by molar-refractivity contribution is -0.116. The van der Waals surface area contributed by atoms with E-state index in [0.717, 1.165) is 14.7 Å². The van der Waals surface area contributed by atoms with Gasteiger partial charge in [-0.15, -0.1) is 11.3 Å². The number of thiophene rings is 1. The monoisotopic (exact) mass is 434 g/mol. The van der Waals surface area contributed by atoms with E-state index in [2.05, 4.69) is 10.3 Å². The van der Waals surface area contributed by atoms with Crippen LogP contribution in [0.1, 0.15) is 16.9 Å². The van der Waals surface area contributed by atoms with Gasteiger partial charge in [-0.1, -0.05) is 0 Å². The van der Waals surface area contributed by atoms with E-state index in [4.69, 9.17) is 0 Å². The molecule has 0 spiro atoms. The van der Waals surface area contributed by atoms with Crippen LogP contribution in [-0.2, 0) is 21.4 Å². The van der Waals surface area contributed by atoms with E-state index in [-0.39, 0.29) is 29.3 Å². The molecule has 1 N–H and O–H groups in total. The third kappa shape index (κ3) is 4.24. The summed E-state index contributed by atoms with van der Waals surface area (Å²) < 4.78 is 26.7. The van der Waals surface area contributed by atoms with Gasteiger partial charge in [-0.25, -0.2) is 17.7 Å². The maximum atomic E-state index is 12.7. The number of hydrogen-bond acceptors (Lipinski definition) is 6. The third-order valence-electron chi connectivity index (χ3n) is 4.65. The number of hydrogen-bond donors (Lipinski definition) is 1. The summed E-state index contributed by atoms with van der Waals surface area (Å²) >= 11 is 1.48. The van der Waals surface area contributed by atoms with Gasteiger partial charge in [-0.05, 0) is 43.7 Å². The fourth-order valence-electron chi connectivity index (χ4n) is 2.80. The molecule has 2 heterocycles. The van der Waals surface area contributed by atoms with Crippen molar-refractivity contribution in [3.05, 3.63) is 51.4 Å². The van der Waals surface area contributed by atoms with Crippen molar-refractivity contribution in [1.82, 2.24) is 13.9 Å². The summed E-state index contributed by atoms with van der Waals surface area (Å²) in [6.07, 6.45) is 1.56. The van der Waals surface area contributed by atoms with E-state index < -0.39 is 10.0 Å². The summed E-state index contributed by atoms with van der Waals surface area (Å²) in [5, 5.41) is 3.32. The van der Waals surface area contributed by atoms with Crippen LogP contribution in [0.3, 0.4) is 0 Å². The zero-order valence-electron chi connectivity index (χ0n) is 16.6. The maximum Gasteiger partial charge on any atom is 0.262 e. The van der Waals surface area contributed by atoms with Gasteiger partial charge in [-0.3, -0.25) is 14.2 Å². The first-order chi connectivity index (χ1) is 13.6. The Labute approximate surface area is 172 Å². The van der Waals surface area contributed by atoms with Crippen LogP contribution in [0.4, 0.5) is 5.69 Å². The zero-order valence-corrected chi connectivity index (χ0v) is 18.2. The fraction of sp³-hybridized carbons (Fsp3) is 0.316. The highest BCUT2D eigenvalue weighted by Crippen LogP contribution is 2.25. The molecule has 0 unspecified atom stereocenters. The molecule has 29 heavy (non-hydrogen) atoms. The molecule has 0 saturated heterocycles. The predicted octanol–water partition coefficient (Wildman–Crippen LogP) is 2.35. The Bertz CT molecular complexity index is 1230. The van der Waals surface area contributed by atoms with Gasteiger partial charge >= 0.3 is 0 Å². The second kappa shape index (κ2) is 8.05. The van der Waals surface area contributed by atoms with Crippen LogP contribution in [0.2, 0.25) is 0 Å². The largest absolute Gasteiger partial charge is 0.326 e. The summed E-state index contributed by atoms with van der Waals surface area (Å²) in [5.41, 5.74) is 1.26. The van der Waals surface area contributed by atoms with Crippen molar-refractivity contribution >= 4 is 43.2 Å². The minimum atomic E-state index is -3.52. The molecule has 3 rings (SSSR count). The van der Waals surface area contributed by atoms with Crippen molar-refractivity contribution in [3.63, 3.8) is 0 Å². The molecule has 3 aromatic rings. The number of sulfonamides is 1. The first-order valence-electron chi connectivity index (χ1n) is 8.89. The van der Waals surface area contributed by atoms with Gasteiger partial charge < -0.3 is 5.32 Å². The van der Waals surface area contributed by atoms with E-state index in [1.54, 1.807) is 0 Å². The van der Waals surface area contributed by atoms with Gasteiger partial charge in [0.15, 0.2) is 0 Å². The summed E-state index contributed by atoms with van der Waals surface area (Å²) in [6.45, 7) is 4.05. The number of nitrogens with zero attached hydrogens (tertiary/aromatic N) is 3. The SMILES string of the molecule is Cc1sc2ncn(CCC(=O)Nc3ccc(S(=O)(=O)N(C)C)cc3)c(=O)c2c1C. The summed E-state index contributed by atoms with van der Waals surface area (Å²) in [5.74, 6) is -0.279. The van der Waals surface area contributed by atoms with Crippen molar-refractivity contribution in [1.29, 1.82) is 0 Å². The molecule has 0 atom stereocenters. The number of nitrogens with one attached hydrogen (secondary N) is 1. The van der Waals surface area contributed by atoms with Gasteiger partial charge in [-0.2, -0.15) is 0 Å². The van der Waals surface area contributed by atoms with Crippen molar-refractivity contribution in [2.24, 2.45) is 0 Å². The van der Waals surface area contributed by atoms with Crippen molar-refractivity contribution in [3.8, 4) is 0 Å². The smallest absolute Gasteiger partial charge is 0.262 e. The number of aromatic nitrogens is 2. The maximum absolute atomic E-state index is 12.7. The molecule has 1 amide bonds. The molecule has 0 aliphatic heterocycles. The Morgan fingerprint density at radius 3 is 2.48 bits per heavy atom. The second-order valence-corrected chi connectivity index (χ2v) is 10.2. The fourth-order valence-corrected chi connectivity index (χ4v) is 4.68. The molecule has 0 aliphatic rings. The third-order valence-corrected chi connectivity index (χ3v) is 7.60. The topological polar surface area (TPSA) is 101 Å². The number of aryl methyl sites for hydroxylation is 3. The molecule has 2 aromatic heterocycles. The highest BCUT2D eigenvalue weighted by molar-refractivity contribution is 7.89. The first kappa shape index (κ1) is 21.2. The average Bonchev–Trinajstić information content (AvgIpc) is 2.96. The number of benzene rings is 1. The van der Waals surface area contributed by atoms with Gasteiger partial charge in [0.05, 0.1) is 16.6 Å². The van der Waals surface area contributed by atoms with E-state index in [9.17, 15) is 18.0 Å². The molecule has 0 fully saturated rings. The molecule has 0 aliphatic carbocycles. The lowest BCUT2D eigenvalue weighted by Gasteiger charge is -2.12. The Kier molecular flexibility index (Phi) is 5.87. The molecule has 10 heteroatoms. The average molecular weight is 435 g/mol. The molecular weight excluding hydrogens is 412 g/mol. The lowest BCUT2D eigenvalue weighted by atomic mass is 10.2. The van der Waals surface area contributed by atoms with Gasteiger partial charge in [0.25, 0.3) is 5.56 Å². The molecule has 1 aromatic carbocycles.